The van der Waals surface area contributed by atoms with Crippen LogP contribution in [0.2, 0.25) is 0 Å². The molecule has 0 aliphatic carbocycles. The third-order valence-electron chi connectivity index (χ3n) is 4.31. The molecule has 1 amide bonds. The highest BCUT2D eigenvalue weighted by Gasteiger charge is 2.22. The van der Waals surface area contributed by atoms with Gasteiger partial charge >= 0.3 is 5.97 Å². The topological polar surface area (TPSA) is 62.4 Å². The second-order valence-corrected chi connectivity index (χ2v) is 7.33. The molecule has 0 radical (unpaired) electrons. The van der Waals surface area contributed by atoms with Crippen molar-refractivity contribution in [2.24, 2.45) is 0 Å². The van der Waals surface area contributed by atoms with E-state index in [0.717, 1.165) is 16.5 Å². The van der Waals surface area contributed by atoms with Gasteiger partial charge in [-0.1, -0.05) is 48.5 Å². The minimum atomic E-state index is -0.560. The van der Waals surface area contributed by atoms with E-state index >= 15 is 0 Å². The monoisotopic (exact) mass is 428 g/mol. The number of ether oxygens (including phenoxy) is 1. The number of hydrogen-bond acceptors (Lipinski definition) is 3. The van der Waals surface area contributed by atoms with Gasteiger partial charge in [0.1, 0.15) is 5.69 Å². The van der Waals surface area contributed by atoms with Crippen molar-refractivity contribution in [2.45, 2.75) is 26.4 Å². The number of nitrogens with one attached hydrogen (secondary N) is 1. The van der Waals surface area contributed by atoms with Gasteiger partial charge in [-0.25, -0.2) is 4.79 Å². The Kier molecular flexibility index (Phi) is 5.96. The van der Waals surface area contributed by atoms with Crippen molar-refractivity contribution in [1.29, 1.82) is 0 Å². The Morgan fingerprint density at radius 3 is 2.41 bits per heavy atom. The molecule has 1 aromatic heterocycles. The maximum atomic E-state index is 12.6. The fraction of sp³-hybridized carbons (Fsp3) is 0.238. The summed E-state index contributed by atoms with van der Waals surface area (Å²) in [5, 5.41) is 0.892. The Morgan fingerprint density at radius 1 is 1.07 bits per heavy atom. The van der Waals surface area contributed by atoms with Gasteiger partial charge in [-0.15, -0.1) is 0 Å². The predicted molar refractivity (Wildman–Crippen MR) is 108 cm³/mol. The predicted octanol–water partition coefficient (Wildman–Crippen LogP) is 4.52. The smallest absolute Gasteiger partial charge is 0.356 e. The molecular formula is C21H21BrN2O3. The van der Waals surface area contributed by atoms with E-state index < -0.39 is 5.97 Å². The number of aromatic amines is 1. The molecule has 0 unspecified atom stereocenters. The van der Waals surface area contributed by atoms with Crippen molar-refractivity contribution in [3.8, 4) is 0 Å². The molecule has 0 spiro atoms. The SMILES string of the molecule is CC(C)N(Cc1ccccc1)C(=O)COC(=O)c1[nH]c2ccccc2c1Br. The number of esters is 1. The lowest BCUT2D eigenvalue weighted by Crippen LogP contribution is -2.39. The molecule has 0 saturated carbocycles. The van der Waals surface area contributed by atoms with Crippen LogP contribution in [0.4, 0.5) is 0 Å². The number of carbonyl (C=O) groups excluding carboxylic acids is 2. The summed E-state index contributed by atoms with van der Waals surface area (Å²) in [5.41, 5.74) is 2.17. The van der Waals surface area contributed by atoms with Crippen molar-refractivity contribution in [2.75, 3.05) is 6.61 Å². The Morgan fingerprint density at radius 2 is 1.74 bits per heavy atom. The first-order valence-electron chi connectivity index (χ1n) is 8.74. The van der Waals surface area contributed by atoms with Crippen molar-refractivity contribution in [1.82, 2.24) is 9.88 Å². The fourth-order valence-corrected chi connectivity index (χ4v) is 3.48. The third kappa shape index (κ3) is 4.39. The van der Waals surface area contributed by atoms with E-state index in [2.05, 4.69) is 20.9 Å². The molecule has 0 aliphatic heterocycles. The third-order valence-corrected chi connectivity index (χ3v) is 5.14. The number of aromatic nitrogens is 1. The van der Waals surface area contributed by atoms with Gasteiger partial charge in [-0.05, 0) is 41.4 Å². The van der Waals surface area contributed by atoms with E-state index in [1.807, 2.05) is 68.4 Å². The van der Waals surface area contributed by atoms with Gasteiger partial charge in [0.05, 0.1) is 4.47 Å². The van der Waals surface area contributed by atoms with Crippen molar-refractivity contribution >= 4 is 38.7 Å². The van der Waals surface area contributed by atoms with E-state index in [0.29, 0.717) is 16.7 Å². The molecule has 0 fully saturated rings. The number of carbonyl (C=O) groups is 2. The number of hydrogen-bond donors (Lipinski definition) is 1. The largest absolute Gasteiger partial charge is 0.451 e. The minimum absolute atomic E-state index is 0.00350. The summed E-state index contributed by atoms with van der Waals surface area (Å²) in [4.78, 5) is 29.8. The number of nitrogens with zero attached hydrogens (tertiary/aromatic N) is 1. The van der Waals surface area contributed by atoms with Gasteiger partial charge in [0, 0.05) is 23.5 Å². The summed E-state index contributed by atoms with van der Waals surface area (Å²) in [6.45, 7) is 4.06. The molecule has 2 aromatic carbocycles. The molecule has 140 valence electrons. The number of benzene rings is 2. The lowest BCUT2D eigenvalue weighted by atomic mass is 10.2. The Balaban J connectivity index is 1.67. The van der Waals surface area contributed by atoms with Crippen LogP contribution in [0.15, 0.2) is 59.1 Å². The van der Waals surface area contributed by atoms with Gasteiger partial charge in [0.2, 0.25) is 0 Å². The molecule has 5 nitrogen and oxygen atoms in total. The van der Waals surface area contributed by atoms with Gasteiger partial charge in [-0.2, -0.15) is 0 Å². The average molecular weight is 429 g/mol. The van der Waals surface area contributed by atoms with Crippen LogP contribution in [0.1, 0.15) is 29.9 Å². The van der Waals surface area contributed by atoms with Crippen molar-refractivity contribution in [3.63, 3.8) is 0 Å². The van der Waals surface area contributed by atoms with Gasteiger partial charge < -0.3 is 14.6 Å². The van der Waals surface area contributed by atoms with Crippen LogP contribution >= 0.6 is 15.9 Å². The lowest BCUT2D eigenvalue weighted by molar-refractivity contribution is -0.136. The fourth-order valence-electron chi connectivity index (χ4n) is 2.87. The maximum Gasteiger partial charge on any atom is 0.356 e. The molecule has 3 aromatic rings. The molecule has 0 saturated heterocycles. The number of para-hydroxylation sites is 1. The zero-order valence-corrected chi connectivity index (χ0v) is 16.8. The number of amides is 1. The molecule has 0 aliphatic rings. The molecule has 0 atom stereocenters. The molecule has 27 heavy (non-hydrogen) atoms. The zero-order valence-electron chi connectivity index (χ0n) is 15.2. The number of halogens is 1. The van der Waals surface area contributed by atoms with E-state index in [9.17, 15) is 9.59 Å². The first kappa shape index (κ1) is 19.2. The Hall–Kier alpha value is -2.60. The number of rotatable bonds is 6. The first-order chi connectivity index (χ1) is 13.0. The molecular weight excluding hydrogens is 408 g/mol. The zero-order chi connectivity index (χ0) is 19.4. The van der Waals surface area contributed by atoms with E-state index in [4.69, 9.17) is 4.74 Å². The van der Waals surface area contributed by atoms with E-state index in [1.54, 1.807) is 4.90 Å². The van der Waals surface area contributed by atoms with Gasteiger partial charge in [-0.3, -0.25) is 4.79 Å². The van der Waals surface area contributed by atoms with E-state index in [1.165, 1.54) is 0 Å². The normalized spacial score (nSPS) is 11.0. The summed E-state index contributed by atoms with van der Waals surface area (Å²) < 4.78 is 5.92. The van der Waals surface area contributed by atoms with Crippen LogP contribution in [-0.4, -0.2) is 34.4 Å². The van der Waals surface area contributed by atoms with Crippen molar-refractivity contribution < 1.29 is 14.3 Å². The molecule has 1 heterocycles. The van der Waals surface area contributed by atoms with Crippen molar-refractivity contribution in [3.05, 3.63) is 70.3 Å². The highest BCUT2D eigenvalue weighted by atomic mass is 79.9. The van der Waals surface area contributed by atoms with Crippen LogP contribution in [-0.2, 0) is 16.1 Å². The maximum absolute atomic E-state index is 12.6. The van der Waals surface area contributed by atoms with Crippen LogP contribution in [0.25, 0.3) is 10.9 Å². The van der Waals surface area contributed by atoms with Crippen LogP contribution in [0, 0.1) is 0 Å². The summed E-state index contributed by atoms with van der Waals surface area (Å²) in [5.74, 6) is -0.788. The highest BCUT2D eigenvalue weighted by molar-refractivity contribution is 9.10. The van der Waals surface area contributed by atoms with Crippen LogP contribution < -0.4 is 0 Å². The Bertz CT molecular complexity index is 950. The standard InChI is InChI=1S/C21H21BrN2O3/c1-14(2)24(12-15-8-4-3-5-9-15)18(25)13-27-21(26)20-19(22)16-10-6-7-11-17(16)23-20/h3-11,14,23H,12-13H2,1-2H3. The molecule has 0 bridgehead atoms. The van der Waals surface area contributed by atoms with Gasteiger partial charge in [0.15, 0.2) is 6.61 Å². The molecule has 6 heteroatoms. The average Bonchev–Trinajstić information content (AvgIpc) is 3.01. The summed E-state index contributed by atoms with van der Waals surface area (Å²) in [6.07, 6.45) is 0. The minimum Gasteiger partial charge on any atom is -0.451 e. The van der Waals surface area contributed by atoms with Gasteiger partial charge in [0.25, 0.3) is 5.91 Å². The summed E-state index contributed by atoms with van der Waals surface area (Å²) in [7, 11) is 0. The highest BCUT2D eigenvalue weighted by Crippen LogP contribution is 2.28. The van der Waals surface area contributed by atoms with Crippen LogP contribution in [0.3, 0.4) is 0 Å². The molecule has 1 N–H and O–H groups in total. The van der Waals surface area contributed by atoms with E-state index in [-0.39, 0.29) is 18.6 Å². The second kappa shape index (κ2) is 8.39. The van der Waals surface area contributed by atoms with Crippen LogP contribution in [0.5, 0.6) is 0 Å². The summed E-state index contributed by atoms with van der Waals surface area (Å²) in [6, 6.07) is 17.3. The quantitative estimate of drug-likeness (QED) is 0.586. The number of fused-ring (bicyclic) bond motifs is 1. The molecule has 3 rings (SSSR count). The Labute approximate surface area is 166 Å². The number of H-pyrrole nitrogens is 1. The summed E-state index contributed by atoms with van der Waals surface area (Å²) >= 11 is 3.43. The lowest BCUT2D eigenvalue weighted by Gasteiger charge is -2.26. The first-order valence-corrected chi connectivity index (χ1v) is 9.53. The second-order valence-electron chi connectivity index (χ2n) is 6.54.